The van der Waals surface area contributed by atoms with Gasteiger partial charge in [-0.2, -0.15) is 0 Å². The van der Waals surface area contributed by atoms with Gasteiger partial charge >= 0.3 is 0 Å². The van der Waals surface area contributed by atoms with Crippen molar-refractivity contribution < 1.29 is 9.50 Å². The molecule has 0 amide bonds. The van der Waals surface area contributed by atoms with Crippen molar-refractivity contribution in [3.05, 3.63) is 23.6 Å². The van der Waals surface area contributed by atoms with Gasteiger partial charge in [-0.05, 0) is 24.8 Å². The number of hydrogen-bond acceptors (Lipinski definition) is 3. The van der Waals surface area contributed by atoms with Crippen LogP contribution in [0.2, 0.25) is 0 Å². The molecule has 1 saturated heterocycles. The SMILES string of the molecule is CC1CCN(c2nccc(CO)c2F)CC1. The maximum atomic E-state index is 13.9. The minimum atomic E-state index is -0.375. The molecule has 0 atom stereocenters. The average Bonchev–Trinajstić information content (AvgIpc) is 2.31. The fraction of sp³-hybridized carbons (Fsp3) is 0.583. The number of aliphatic hydroxyl groups excluding tert-OH is 1. The molecule has 16 heavy (non-hydrogen) atoms. The number of piperidine rings is 1. The molecule has 1 aliphatic rings. The first-order valence-electron chi connectivity index (χ1n) is 5.71. The Morgan fingerprint density at radius 3 is 2.81 bits per heavy atom. The highest BCUT2D eigenvalue weighted by Gasteiger charge is 2.20. The molecular formula is C12H17FN2O. The zero-order valence-corrected chi connectivity index (χ0v) is 9.49. The predicted octanol–water partition coefficient (Wildman–Crippen LogP) is 1.95. The van der Waals surface area contributed by atoms with E-state index in [4.69, 9.17) is 5.11 Å². The molecule has 0 aliphatic carbocycles. The third-order valence-corrected chi connectivity index (χ3v) is 3.20. The molecule has 0 aromatic carbocycles. The summed E-state index contributed by atoms with van der Waals surface area (Å²) in [6.45, 7) is 3.64. The summed E-state index contributed by atoms with van der Waals surface area (Å²) >= 11 is 0. The van der Waals surface area contributed by atoms with Crippen LogP contribution in [0.4, 0.5) is 10.2 Å². The van der Waals surface area contributed by atoms with Gasteiger partial charge in [-0.1, -0.05) is 6.92 Å². The van der Waals surface area contributed by atoms with Crippen LogP contribution in [0.15, 0.2) is 12.3 Å². The number of halogens is 1. The highest BCUT2D eigenvalue weighted by atomic mass is 19.1. The number of anilines is 1. The van der Waals surface area contributed by atoms with Crippen LogP contribution in [0.1, 0.15) is 25.3 Å². The van der Waals surface area contributed by atoms with Gasteiger partial charge in [0.1, 0.15) is 0 Å². The molecule has 1 aromatic rings. The van der Waals surface area contributed by atoms with E-state index in [-0.39, 0.29) is 12.4 Å². The summed E-state index contributed by atoms with van der Waals surface area (Å²) in [6, 6.07) is 1.52. The largest absolute Gasteiger partial charge is 0.392 e. The van der Waals surface area contributed by atoms with Gasteiger partial charge in [0.2, 0.25) is 0 Å². The zero-order valence-electron chi connectivity index (χ0n) is 9.49. The van der Waals surface area contributed by atoms with Crippen LogP contribution in [0.5, 0.6) is 0 Å². The summed E-state index contributed by atoms with van der Waals surface area (Å²) in [4.78, 5) is 6.04. The lowest BCUT2D eigenvalue weighted by molar-refractivity contribution is 0.275. The summed E-state index contributed by atoms with van der Waals surface area (Å²) < 4.78 is 13.9. The highest BCUT2D eigenvalue weighted by molar-refractivity contribution is 5.43. The van der Waals surface area contributed by atoms with E-state index in [0.29, 0.717) is 17.3 Å². The molecule has 88 valence electrons. The second kappa shape index (κ2) is 4.78. The normalized spacial score (nSPS) is 17.8. The number of aliphatic hydroxyl groups is 1. The lowest BCUT2D eigenvalue weighted by Gasteiger charge is -2.31. The van der Waals surface area contributed by atoms with E-state index >= 15 is 0 Å². The Bertz CT molecular complexity index is 362. The quantitative estimate of drug-likeness (QED) is 0.834. The summed E-state index contributed by atoms with van der Waals surface area (Å²) in [5.41, 5.74) is 0.323. The summed E-state index contributed by atoms with van der Waals surface area (Å²) in [7, 11) is 0. The molecule has 1 fully saturated rings. The molecule has 0 radical (unpaired) electrons. The number of hydrogen-bond donors (Lipinski definition) is 1. The molecule has 0 unspecified atom stereocenters. The minimum Gasteiger partial charge on any atom is -0.392 e. The van der Waals surface area contributed by atoms with Crippen LogP contribution >= 0.6 is 0 Å². The van der Waals surface area contributed by atoms with E-state index < -0.39 is 0 Å². The Kier molecular flexibility index (Phi) is 3.39. The molecule has 0 bridgehead atoms. The van der Waals surface area contributed by atoms with Crippen molar-refractivity contribution >= 4 is 5.82 Å². The predicted molar refractivity (Wildman–Crippen MR) is 60.7 cm³/mol. The van der Waals surface area contributed by atoms with Crippen molar-refractivity contribution in [3.8, 4) is 0 Å². The summed E-state index contributed by atoms with van der Waals surface area (Å²) in [5, 5.41) is 9.00. The first-order chi connectivity index (χ1) is 7.72. The minimum absolute atomic E-state index is 0.272. The van der Waals surface area contributed by atoms with E-state index in [0.717, 1.165) is 25.9 Å². The first kappa shape index (κ1) is 11.3. The number of rotatable bonds is 2. The van der Waals surface area contributed by atoms with Crippen molar-refractivity contribution in [2.45, 2.75) is 26.4 Å². The maximum absolute atomic E-state index is 13.9. The molecule has 1 aliphatic heterocycles. The molecule has 3 nitrogen and oxygen atoms in total. The molecule has 1 aromatic heterocycles. The second-order valence-electron chi connectivity index (χ2n) is 4.44. The maximum Gasteiger partial charge on any atom is 0.171 e. The van der Waals surface area contributed by atoms with E-state index in [9.17, 15) is 4.39 Å². The lowest BCUT2D eigenvalue weighted by Crippen LogP contribution is -2.34. The van der Waals surface area contributed by atoms with E-state index in [1.807, 2.05) is 4.90 Å². The lowest BCUT2D eigenvalue weighted by atomic mass is 9.99. The van der Waals surface area contributed by atoms with Gasteiger partial charge in [-0.25, -0.2) is 9.37 Å². The zero-order chi connectivity index (χ0) is 11.5. The summed E-state index contributed by atoms with van der Waals surface area (Å²) in [6.07, 6.45) is 3.71. The third kappa shape index (κ3) is 2.16. The number of nitrogens with zero attached hydrogens (tertiary/aromatic N) is 2. The molecule has 4 heteroatoms. The topological polar surface area (TPSA) is 36.4 Å². The van der Waals surface area contributed by atoms with Crippen molar-refractivity contribution in [3.63, 3.8) is 0 Å². The van der Waals surface area contributed by atoms with Gasteiger partial charge in [-0.3, -0.25) is 0 Å². The Balaban J connectivity index is 2.20. The van der Waals surface area contributed by atoms with Crippen molar-refractivity contribution in [1.82, 2.24) is 4.98 Å². The van der Waals surface area contributed by atoms with E-state index in [1.54, 1.807) is 6.20 Å². The number of aromatic nitrogens is 1. The van der Waals surface area contributed by atoms with Gasteiger partial charge < -0.3 is 10.0 Å². The first-order valence-corrected chi connectivity index (χ1v) is 5.71. The monoisotopic (exact) mass is 224 g/mol. The molecule has 0 spiro atoms. The van der Waals surface area contributed by atoms with Crippen LogP contribution in [0.25, 0.3) is 0 Å². The van der Waals surface area contributed by atoms with E-state index in [1.165, 1.54) is 6.07 Å². The molecular weight excluding hydrogens is 207 g/mol. The van der Waals surface area contributed by atoms with Crippen molar-refractivity contribution in [1.29, 1.82) is 0 Å². The van der Waals surface area contributed by atoms with Crippen LogP contribution < -0.4 is 4.90 Å². The Labute approximate surface area is 94.9 Å². The van der Waals surface area contributed by atoms with Gasteiger partial charge in [-0.15, -0.1) is 0 Å². The van der Waals surface area contributed by atoms with Gasteiger partial charge in [0.15, 0.2) is 11.6 Å². The fourth-order valence-corrected chi connectivity index (χ4v) is 2.03. The van der Waals surface area contributed by atoms with Gasteiger partial charge in [0.05, 0.1) is 6.61 Å². The van der Waals surface area contributed by atoms with Crippen LogP contribution in [0, 0.1) is 11.7 Å². The van der Waals surface area contributed by atoms with Crippen molar-refractivity contribution in [2.75, 3.05) is 18.0 Å². The molecule has 0 saturated carbocycles. The van der Waals surface area contributed by atoms with Gasteiger partial charge in [0.25, 0.3) is 0 Å². The Morgan fingerprint density at radius 2 is 2.19 bits per heavy atom. The fourth-order valence-electron chi connectivity index (χ4n) is 2.03. The molecule has 1 N–H and O–H groups in total. The smallest absolute Gasteiger partial charge is 0.171 e. The van der Waals surface area contributed by atoms with Crippen molar-refractivity contribution in [2.24, 2.45) is 5.92 Å². The van der Waals surface area contributed by atoms with Crippen LogP contribution in [0.3, 0.4) is 0 Å². The Morgan fingerprint density at radius 1 is 1.50 bits per heavy atom. The molecule has 2 heterocycles. The second-order valence-corrected chi connectivity index (χ2v) is 4.44. The highest BCUT2D eigenvalue weighted by Crippen LogP contribution is 2.24. The van der Waals surface area contributed by atoms with Crippen LogP contribution in [-0.2, 0) is 6.61 Å². The third-order valence-electron chi connectivity index (χ3n) is 3.20. The number of pyridine rings is 1. The summed E-state index contributed by atoms with van der Waals surface area (Å²) in [5.74, 6) is 0.721. The van der Waals surface area contributed by atoms with Crippen LogP contribution in [-0.4, -0.2) is 23.2 Å². The van der Waals surface area contributed by atoms with E-state index in [2.05, 4.69) is 11.9 Å². The Hall–Kier alpha value is -1.16. The van der Waals surface area contributed by atoms with Gasteiger partial charge in [0, 0.05) is 24.8 Å². The standard InChI is InChI=1S/C12H17FN2O/c1-9-3-6-15(7-4-9)12-11(13)10(8-16)2-5-14-12/h2,5,9,16H,3-4,6-8H2,1H3. The average molecular weight is 224 g/mol. The molecule has 2 rings (SSSR count).